The molecule has 1 aliphatic rings. The molecule has 0 bridgehead atoms. The van der Waals surface area contributed by atoms with Crippen LogP contribution in [0.3, 0.4) is 0 Å². The molecule has 0 nitrogen and oxygen atoms in total. The van der Waals surface area contributed by atoms with Gasteiger partial charge in [-0.05, 0) is 37.2 Å². The molecule has 1 saturated carbocycles. The minimum Gasteiger partial charge on any atom is -0.0958 e. The molecule has 0 heterocycles. The monoisotopic (exact) mass is 164 g/mol. The highest BCUT2D eigenvalue weighted by Crippen LogP contribution is 2.34. The van der Waals surface area contributed by atoms with Crippen molar-refractivity contribution in [3.8, 4) is 0 Å². The summed E-state index contributed by atoms with van der Waals surface area (Å²) < 4.78 is 0. The normalized spacial score (nSPS) is 29.8. The van der Waals surface area contributed by atoms with Gasteiger partial charge in [-0.15, -0.1) is 0 Å². The van der Waals surface area contributed by atoms with Gasteiger partial charge in [0.25, 0.3) is 0 Å². The second-order valence-electron chi connectivity index (χ2n) is 4.26. The molecule has 0 atom stereocenters. The average molecular weight is 164 g/mol. The predicted molar refractivity (Wildman–Crippen MR) is 55.1 cm³/mol. The van der Waals surface area contributed by atoms with Gasteiger partial charge < -0.3 is 0 Å². The average Bonchev–Trinajstić information content (AvgIpc) is 2.04. The van der Waals surface area contributed by atoms with Crippen LogP contribution in [0.1, 0.15) is 39.5 Å². The summed E-state index contributed by atoms with van der Waals surface area (Å²) in [5.74, 6) is 1.66. The van der Waals surface area contributed by atoms with Crippen molar-refractivity contribution in [1.29, 1.82) is 0 Å². The van der Waals surface area contributed by atoms with E-state index in [0.29, 0.717) is 0 Å². The quantitative estimate of drug-likeness (QED) is 0.542. The molecule has 0 radical (unpaired) electrons. The van der Waals surface area contributed by atoms with Gasteiger partial charge in [-0.1, -0.05) is 38.5 Å². The fourth-order valence-corrected chi connectivity index (χ4v) is 1.96. The molecule has 0 aromatic rings. The lowest BCUT2D eigenvalue weighted by Crippen LogP contribution is -2.14. The van der Waals surface area contributed by atoms with E-state index >= 15 is 0 Å². The van der Waals surface area contributed by atoms with Crippen LogP contribution >= 0.6 is 0 Å². The minimum absolute atomic E-state index is 0.735. The Morgan fingerprint density at radius 1 is 1.08 bits per heavy atom. The second-order valence-corrected chi connectivity index (χ2v) is 4.26. The third-order valence-electron chi connectivity index (χ3n) is 3.06. The van der Waals surface area contributed by atoms with Crippen LogP contribution in [0.25, 0.3) is 0 Å². The number of allylic oxidation sites excluding steroid dienone is 2. The maximum absolute atomic E-state index is 4.10. The summed E-state index contributed by atoms with van der Waals surface area (Å²) in [7, 11) is 0. The first-order chi connectivity index (χ1) is 5.61. The van der Waals surface area contributed by atoms with E-state index < -0.39 is 0 Å². The van der Waals surface area contributed by atoms with Crippen LogP contribution in [-0.4, -0.2) is 0 Å². The number of rotatable bonds is 2. The smallest absolute Gasteiger partial charge is 0.0165 e. The first-order valence-electron chi connectivity index (χ1n) is 4.96. The number of hydrogen-bond acceptors (Lipinski definition) is 0. The molecule has 1 fully saturated rings. The van der Waals surface area contributed by atoms with Gasteiger partial charge >= 0.3 is 0 Å². The van der Waals surface area contributed by atoms with E-state index in [1.807, 2.05) is 0 Å². The molecule has 0 saturated heterocycles. The maximum atomic E-state index is 4.10. The summed E-state index contributed by atoms with van der Waals surface area (Å²) >= 11 is 0. The molecule has 0 aromatic heterocycles. The topological polar surface area (TPSA) is 0 Å². The molecule has 0 aromatic carbocycles. The van der Waals surface area contributed by atoms with E-state index in [1.165, 1.54) is 36.8 Å². The highest BCUT2D eigenvalue weighted by Gasteiger charge is 2.20. The van der Waals surface area contributed by atoms with Crippen molar-refractivity contribution in [2.24, 2.45) is 11.8 Å². The SMILES string of the molecule is C=C(C)C(=C)C1CCC(C)CC1. The molecule has 0 unspecified atom stereocenters. The Bertz CT molecular complexity index is 180. The van der Waals surface area contributed by atoms with Gasteiger partial charge in [-0.25, -0.2) is 0 Å². The summed E-state index contributed by atoms with van der Waals surface area (Å²) in [5.41, 5.74) is 2.47. The molecular formula is C12H20. The lowest BCUT2D eigenvalue weighted by atomic mass is 9.78. The Labute approximate surface area is 76.4 Å². The summed E-state index contributed by atoms with van der Waals surface area (Å²) in [5, 5.41) is 0. The highest BCUT2D eigenvalue weighted by atomic mass is 14.2. The zero-order valence-corrected chi connectivity index (χ0v) is 8.40. The summed E-state index contributed by atoms with van der Waals surface area (Å²) in [6, 6.07) is 0. The largest absolute Gasteiger partial charge is 0.0958 e. The van der Waals surface area contributed by atoms with Gasteiger partial charge in [0.05, 0.1) is 0 Å². The van der Waals surface area contributed by atoms with Crippen molar-refractivity contribution in [3.63, 3.8) is 0 Å². The zero-order valence-electron chi connectivity index (χ0n) is 8.40. The molecule has 0 aliphatic heterocycles. The molecule has 1 rings (SSSR count). The molecule has 0 amide bonds. The lowest BCUT2D eigenvalue weighted by Gasteiger charge is -2.27. The maximum Gasteiger partial charge on any atom is -0.0165 e. The van der Waals surface area contributed by atoms with Gasteiger partial charge in [-0.3, -0.25) is 0 Å². The Hall–Kier alpha value is -0.520. The minimum atomic E-state index is 0.735. The molecule has 0 N–H and O–H groups in total. The lowest BCUT2D eigenvalue weighted by molar-refractivity contribution is 0.322. The molecule has 0 spiro atoms. The molecular weight excluding hydrogens is 144 g/mol. The van der Waals surface area contributed by atoms with E-state index in [-0.39, 0.29) is 0 Å². The third kappa shape index (κ3) is 2.23. The van der Waals surface area contributed by atoms with Crippen LogP contribution in [0.15, 0.2) is 24.3 Å². The van der Waals surface area contributed by atoms with E-state index in [4.69, 9.17) is 0 Å². The van der Waals surface area contributed by atoms with Crippen LogP contribution in [0.2, 0.25) is 0 Å². The third-order valence-corrected chi connectivity index (χ3v) is 3.06. The number of hydrogen-bond donors (Lipinski definition) is 0. The van der Waals surface area contributed by atoms with Crippen molar-refractivity contribution in [1.82, 2.24) is 0 Å². The van der Waals surface area contributed by atoms with Gasteiger partial charge in [0, 0.05) is 0 Å². The van der Waals surface area contributed by atoms with E-state index in [9.17, 15) is 0 Å². The standard InChI is InChI=1S/C12H20/c1-9(2)11(4)12-7-5-10(3)6-8-12/h10,12H,1,4-8H2,2-3H3. The molecule has 12 heavy (non-hydrogen) atoms. The molecule has 1 aliphatic carbocycles. The Balaban J connectivity index is 2.44. The Kier molecular flexibility index (Phi) is 3.13. The van der Waals surface area contributed by atoms with Gasteiger partial charge in [0.15, 0.2) is 0 Å². The molecule has 0 heteroatoms. The van der Waals surface area contributed by atoms with Crippen LogP contribution in [0.4, 0.5) is 0 Å². The zero-order chi connectivity index (χ0) is 9.14. The predicted octanol–water partition coefficient (Wildman–Crippen LogP) is 3.95. The van der Waals surface area contributed by atoms with E-state index in [1.54, 1.807) is 0 Å². The second kappa shape index (κ2) is 3.93. The van der Waals surface area contributed by atoms with Crippen molar-refractivity contribution >= 4 is 0 Å². The summed E-state index contributed by atoms with van der Waals surface area (Å²) in [4.78, 5) is 0. The van der Waals surface area contributed by atoms with Gasteiger partial charge in [0.1, 0.15) is 0 Å². The summed E-state index contributed by atoms with van der Waals surface area (Å²) in [6.07, 6.45) is 5.40. The molecule has 68 valence electrons. The highest BCUT2D eigenvalue weighted by molar-refractivity contribution is 5.25. The van der Waals surface area contributed by atoms with Gasteiger partial charge in [-0.2, -0.15) is 0 Å². The van der Waals surface area contributed by atoms with Crippen molar-refractivity contribution < 1.29 is 0 Å². The van der Waals surface area contributed by atoms with Crippen LogP contribution < -0.4 is 0 Å². The first kappa shape index (κ1) is 9.57. The van der Waals surface area contributed by atoms with Crippen molar-refractivity contribution in [2.45, 2.75) is 39.5 Å². The van der Waals surface area contributed by atoms with Crippen LogP contribution in [0, 0.1) is 11.8 Å². The summed E-state index contributed by atoms with van der Waals surface area (Å²) in [6.45, 7) is 12.5. The first-order valence-corrected chi connectivity index (χ1v) is 4.96. The Morgan fingerprint density at radius 3 is 2.00 bits per heavy atom. The van der Waals surface area contributed by atoms with Gasteiger partial charge in [0.2, 0.25) is 0 Å². The fourth-order valence-electron chi connectivity index (χ4n) is 1.96. The van der Waals surface area contributed by atoms with Crippen LogP contribution in [0.5, 0.6) is 0 Å². The van der Waals surface area contributed by atoms with Crippen molar-refractivity contribution in [3.05, 3.63) is 24.3 Å². The fraction of sp³-hybridized carbons (Fsp3) is 0.667. The van der Waals surface area contributed by atoms with E-state index in [0.717, 1.165) is 11.8 Å². The Morgan fingerprint density at radius 2 is 1.58 bits per heavy atom. The van der Waals surface area contributed by atoms with E-state index in [2.05, 4.69) is 27.0 Å². The van der Waals surface area contributed by atoms with Crippen molar-refractivity contribution in [2.75, 3.05) is 0 Å². The van der Waals surface area contributed by atoms with Crippen LogP contribution in [-0.2, 0) is 0 Å².